The second-order valence-corrected chi connectivity index (χ2v) is 7.99. The van der Waals surface area contributed by atoms with Gasteiger partial charge in [-0.2, -0.15) is 0 Å². The van der Waals surface area contributed by atoms with Gasteiger partial charge in [0, 0.05) is 11.4 Å². The summed E-state index contributed by atoms with van der Waals surface area (Å²) < 4.78 is 0. The quantitative estimate of drug-likeness (QED) is 0.639. The van der Waals surface area contributed by atoms with Gasteiger partial charge in [-0.15, -0.1) is 0 Å². The second-order valence-electron chi connectivity index (χ2n) is 7.99. The van der Waals surface area contributed by atoms with E-state index < -0.39 is 6.29 Å². The highest BCUT2D eigenvalue weighted by Crippen LogP contribution is 2.20. The number of amides is 1. The third-order valence-electron chi connectivity index (χ3n) is 5.51. The van der Waals surface area contributed by atoms with Crippen LogP contribution >= 0.6 is 0 Å². The normalized spacial score (nSPS) is 21.8. The molecular weight excluding hydrogens is 362 g/mol. The van der Waals surface area contributed by atoms with Gasteiger partial charge in [-0.3, -0.25) is 10.1 Å². The van der Waals surface area contributed by atoms with Crippen molar-refractivity contribution in [2.45, 2.75) is 46.4 Å². The molecule has 3 unspecified atom stereocenters. The van der Waals surface area contributed by atoms with Crippen molar-refractivity contribution in [2.75, 3.05) is 5.32 Å². The Morgan fingerprint density at radius 3 is 2.59 bits per heavy atom. The highest BCUT2D eigenvalue weighted by atomic mass is 16.2. The lowest BCUT2D eigenvalue weighted by atomic mass is 9.90. The Hall–Kier alpha value is -2.99. The lowest BCUT2D eigenvalue weighted by Gasteiger charge is -2.36. The third-order valence-corrected chi connectivity index (χ3v) is 5.51. The molecule has 1 aliphatic rings. The molecule has 6 heteroatoms. The van der Waals surface area contributed by atoms with Crippen molar-refractivity contribution >= 4 is 22.8 Å². The van der Waals surface area contributed by atoms with E-state index in [2.05, 4.69) is 57.1 Å². The smallest absolute Gasteiger partial charge is 0.227 e. The number of hydrogen-bond donors (Lipinski definition) is 3. The van der Waals surface area contributed by atoms with Gasteiger partial charge in [0.1, 0.15) is 0 Å². The topological polar surface area (TPSA) is 78.9 Å². The number of aromatic nitrogens is 2. The number of fused-ring (bicyclic) bond motifs is 1. The van der Waals surface area contributed by atoms with Gasteiger partial charge in [-0.25, -0.2) is 9.97 Å². The zero-order valence-corrected chi connectivity index (χ0v) is 17.3. The first-order valence-corrected chi connectivity index (χ1v) is 10.0. The molecule has 29 heavy (non-hydrogen) atoms. The molecule has 0 aliphatic carbocycles. The van der Waals surface area contributed by atoms with Crippen LogP contribution in [0, 0.1) is 26.7 Å². The lowest BCUT2D eigenvalue weighted by molar-refractivity contribution is -0.128. The molecule has 3 N–H and O–H groups in total. The average molecular weight is 390 g/mol. The molecule has 0 spiro atoms. The molecule has 1 aromatic heterocycles. The molecule has 4 rings (SSSR count). The minimum atomic E-state index is -0.409. The summed E-state index contributed by atoms with van der Waals surface area (Å²) in [4.78, 5) is 22.0. The number of aryl methyl sites for hydroxylation is 3. The number of nitrogens with zero attached hydrogens (tertiary/aromatic N) is 2. The summed E-state index contributed by atoms with van der Waals surface area (Å²) >= 11 is 0. The van der Waals surface area contributed by atoms with Crippen LogP contribution in [0.3, 0.4) is 0 Å². The number of nitrogens with one attached hydrogen (secondary N) is 3. The largest absolute Gasteiger partial charge is 0.323 e. The lowest BCUT2D eigenvalue weighted by Crippen LogP contribution is -2.63. The zero-order valence-electron chi connectivity index (χ0n) is 17.3. The SMILES string of the molecule is Cc1cccc(CC2C(=O)NC(Nc3nc(C)c4ccc(C)cc4n3)NC2C)c1. The summed E-state index contributed by atoms with van der Waals surface area (Å²) in [6.45, 7) is 8.13. The fraction of sp³-hybridized carbons (Fsp3) is 0.348. The molecule has 3 atom stereocenters. The van der Waals surface area contributed by atoms with Crippen molar-refractivity contribution in [3.8, 4) is 0 Å². The van der Waals surface area contributed by atoms with Crippen molar-refractivity contribution in [3.63, 3.8) is 0 Å². The first kappa shape index (κ1) is 19.3. The van der Waals surface area contributed by atoms with Crippen molar-refractivity contribution in [1.29, 1.82) is 0 Å². The Kier molecular flexibility index (Phi) is 5.20. The predicted octanol–water partition coefficient (Wildman–Crippen LogP) is 3.22. The Bertz CT molecular complexity index is 1060. The summed E-state index contributed by atoms with van der Waals surface area (Å²) in [7, 11) is 0. The molecule has 0 bridgehead atoms. The van der Waals surface area contributed by atoms with Crippen LogP contribution in [-0.4, -0.2) is 28.2 Å². The summed E-state index contributed by atoms with van der Waals surface area (Å²) in [6, 6.07) is 14.5. The fourth-order valence-electron chi connectivity index (χ4n) is 3.93. The first-order chi connectivity index (χ1) is 13.9. The van der Waals surface area contributed by atoms with E-state index in [0.717, 1.165) is 22.2 Å². The van der Waals surface area contributed by atoms with Crippen molar-refractivity contribution in [2.24, 2.45) is 5.92 Å². The van der Waals surface area contributed by atoms with Gasteiger partial charge >= 0.3 is 0 Å². The maximum absolute atomic E-state index is 12.8. The summed E-state index contributed by atoms with van der Waals surface area (Å²) in [6.07, 6.45) is 0.298. The van der Waals surface area contributed by atoms with Crippen molar-refractivity contribution < 1.29 is 4.79 Å². The van der Waals surface area contributed by atoms with Crippen LogP contribution in [0.15, 0.2) is 42.5 Å². The zero-order chi connectivity index (χ0) is 20.5. The molecule has 1 amide bonds. The summed E-state index contributed by atoms with van der Waals surface area (Å²) in [5, 5.41) is 10.7. The number of benzene rings is 2. The number of rotatable bonds is 4. The van der Waals surface area contributed by atoms with Crippen LogP contribution in [0.25, 0.3) is 10.9 Å². The molecule has 2 aromatic carbocycles. The van der Waals surface area contributed by atoms with E-state index in [1.165, 1.54) is 11.1 Å². The van der Waals surface area contributed by atoms with Gasteiger partial charge in [-0.05, 0) is 51.3 Å². The molecule has 6 nitrogen and oxygen atoms in total. The van der Waals surface area contributed by atoms with Gasteiger partial charge < -0.3 is 10.6 Å². The first-order valence-electron chi connectivity index (χ1n) is 10.0. The van der Waals surface area contributed by atoms with E-state index in [0.29, 0.717) is 12.4 Å². The van der Waals surface area contributed by atoms with Crippen molar-refractivity contribution in [1.82, 2.24) is 20.6 Å². The number of carbonyl (C=O) groups excluding carboxylic acids is 1. The molecule has 0 saturated carbocycles. The van der Waals surface area contributed by atoms with Crippen LogP contribution in [0.1, 0.15) is 29.3 Å². The maximum Gasteiger partial charge on any atom is 0.227 e. The van der Waals surface area contributed by atoms with E-state index in [1.54, 1.807) is 0 Å². The molecule has 1 saturated heterocycles. The molecule has 150 valence electrons. The summed E-state index contributed by atoms with van der Waals surface area (Å²) in [5.74, 6) is 0.406. The molecular formula is C23H27N5O. The molecule has 1 aliphatic heterocycles. The highest BCUT2D eigenvalue weighted by Gasteiger charge is 2.33. The second kappa shape index (κ2) is 7.79. The minimum absolute atomic E-state index is 0.0190. The van der Waals surface area contributed by atoms with Gasteiger partial charge in [0.25, 0.3) is 0 Å². The standard InChI is InChI=1S/C23H27N5O/c1-13-6-5-7-17(10-13)12-19-16(4)25-23(27-21(19)29)28-22-24-15(3)18-9-8-14(2)11-20(18)26-22/h5-11,16,19,23,25H,12H2,1-4H3,(H,27,29)(H,24,26,28). The number of anilines is 1. The van der Waals surface area contributed by atoms with Crippen LogP contribution in [0.5, 0.6) is 0 Å². The molecule has 3 aromatic rings. The number of hydrogen-bond acceptors (Lipinski definition) is 5. The van der Waals surface area contributed by atoms with E-state index in [9.17, 15) is 4.79 Å². The Balaban J connectivity index is 1.48. The van der Waals surface area contributed by atoms with Crippen LogP contribution < -0.4 is 16.0 Å². The molecule has 0 radical (unpaired) electrons. The number of carbonyl (C=O) groups is 1. The third kappa shape index (κ3) is 4.22. The maximum atomic E-state index is 12.8. The highest BCUT2D eigenvalue weighted by molar-refractivity contribution is 5.83. The van der Waals surface area contributed by atoms with E-state index in [4.69, 9.17) is 0 Å². The van der Waals surface area contributed by atoms with E-state index >= 15 is 0 Å². The monoisotopic (exact) mass is 389 g/mol. The van der Waals surface area contributed by atoms with Gasteiger partial charge in [0.05, 0.1) is 17.1 Å². The minimum Gasteiger partial charge on any atom is -0.323 e. The van der Waals surface area contributed by atoms with Crippen LogP contribution in [0.2, 0.25) is 0 Å². The van der Waals surface area contributed by atoms with Gasteiger partial charge in [-0.1, -0.05) is 42.0 Å². The van der Waals surface area contributed by atoms with Crippen LogP contribution in [-0.2, 0) is 11.2 Å². The average Bonchev–Trinajstić information content (AvgIpc) is 2.64. The van der Waals surface area contributed by atoms with E-state index in [1.807, 2.05) is 39.0 Å². The Labute approximate surface area is 171 Å². The van der Waals surface area contributed by atoms with Gasteiger partial charge in [0.15, 0.2) is 6.29 Å². The van der Waals surface area contributed by atoms with Gasteiger partial charge in [0.2, 0.25) is 11.9 Å². The Morgan fingerprint density at radius 1 is 1.03 bits per heavy atom. The fourth-order valence-corrected chi connectivity index (χ4v) is 3.93. The predicted molar refractivity (Wildman–Crippen MR) is 116 cm³/mol. The summed E-state index contributed by atoms with van der Waals surface area (Å²) in [5.41, 5.74) is 5.34. The van der Waals surface area contributed by atoms with E-state index in [-0.39, 0.29) is 17.9 Å². The molecule has 1 fully saturated rings. The Morgan fingerprint density at radius 2 is 1.83 bits per heavy atom. The van der Waals surface area contributed by atoms with Crippen molar-refractivity contribution in [3.05, 3.63) is 64.8 Å². The molecule has 2 heterocycles. The van der Waals surface area contributed by atoms with Crippen LogP contribution in [0.4, 0.5) is 5.95 Å².